The molecule has 8 rings (SSSR count). The summed E-state index contributed by atoms with van der Waals surface area (Å²) in [5.74, 6) is 4.44. The van der Waals surface area contributed by atoms with Crippen molar-refractivity contribution in [2.24, 2.45) is 47.3 Å². The predicted molar refractivity (Wildman–Crippen MR) is 469 cm³/mol. The molecule has 0 aromatic carbocycles. The summed E-state index contributed by atoms with van der Waals surface area (Å²) in [4.78, 5) is 84.2. The Labute approximate surface area is 699 Å². The van der Waals surface area contributed by atoms with E-state index in [-0.39, 0.29) is 102 Å². The number of nitrogens with zero attached hydrogens (tertiary/aromatic N) is 11. The first-order valence-corrected chi connectivity index (χ1v) is 45.0. The number of nitro groups is 4. The number of allylic oxidation sites excluding steroid dienone is 4. The molecule has 4 aromatic rings. The van der Waals surface area contributed by atoms with Crippen LogP contribution in [0.5, 0.6) is 17.6 Å². The summed E-state index contributed by atoms with van der Waals surface area (Å²) < 4.78 is 97.8. The molecule has 0 bridgehead atoms. The molecule has 4 aliphatic rings. The monoisotopic (exact) mass is 1720 g/mol. The van der Waals surface area contributed by atoms with E-state index in [1.807, 2.05) is 18.2 Å². The van der Waals surface area contributed by atoms with Gasteiger partial charge in [0, 0.05) is 52.6 Å². The maximum Gasteiger partial charge on any atom is 0.354 e. The summed E-state index contributed by atoms with van der Waals surface area (Å²) in [7, 11) is -0.785. The number of aliphatic hydroxyl groups excluding tert-OH is 1. The van der Waals surface area contributed by atoms with Crippen molar-refractivity contribution in [2.45, 2.75) is 223 Å². The van der Waals surface area contributed by atoms with Crippen molar-refractivity contribution in [1.82, 2.24) is 39.9 Å². The van der Waals surface area contributed by atoms with E-state index in [9.17, 15) is 50.4 Å². The highest BCUT2D eigenvalue weighted by molar-refractivity contribution is 8.54. The molecular formula is C70H116B4N12O18P4S4. The van der Waals surface area contributed by atoms with E-state index >= 15 is 0 Å². The summed E-state index contributed by atoms with van der Waals surface area (Å²) in [5.41, 5.74) is -0.861. The molecule has 16 atom stereocenters. The molecule has 42 heteroatoms. The first-order chi connectivity index (χ1) is 55.8. The highest BCUT2D eigenvalue weighted by atomic mass is 32.7. The lowest BCUT2D eigenvalue weighted by molar-refractivity contribution is -0.387. The van der Waals surface area contributed by atoms with E-state index in [2.05, 4.69) is 66.2 Å². The number of H-pyrrole nitrogens is 1. The Morgan fingerprint density at radius 3 is 1.19 bits per heavy atom. The fourth-order valence-corrected chi connectivity index (χ4v) is 16.7. The zero-order valence-electron chi connectivity index (χ0n) is 71.7. The van der Waals surface area contributed by atoms with Crippen molar-refractivity contribution in [3.63, 3.8) is 0 Å². The molecule has 0 spiro atoms. The van der Waals surface area contributed by atoms with Crippen molar-refractivity contribution in [2.75, 3.05) is 26.4 Å². The molecule has 4 saturated carbocycles. The lowest BCUT2D eigenvalue weighted by atomic mass is 9.97. The maximum absolute atomic E-state index is 11.5. The van der Waals surface area contributed by atoms with Crippen molar-refractivity contribution < 1.29 is 61.2 Å². The summed E-state index contributed by atoms with van der Waals surface area (Å²) in [6, 6.07) is 0. The number of nitrogens with one attached hydrogen (secondary N) is 1. The summed E-state index contributed by atoms with van der Waals surface area (Å²) in [6.07, 6.45) is 24.7. The smallest absolute Gasteiger partial charge is 0.354 e. The summed E-state index contributed by atoms with van der Waals surface area (Å²) in [6.45, 7) is 29.9. The molecule has 620 valence electrons. The standard InChI is InChI=1S/C17H26BN3O5PS.2C17H26BN3O4PS.C11H21BOPS.C6H7N3O3.2CH4.H2O/c1-4-5-6-12-9-13(7-8-25-28-27-18)16(15(12)22)26-17-14(21(23)24)10(2)19-11(3)20-17;2*1-4-5-6-14-9-13(7-8-24-27-26-18)10-15(14)25-17-16(21(22)23)11(2)19-12(3)20-17;1-2-3-4-10-5-6-11(9-10)7-8-13-15-14-12;1-3-5(9(11)12)6(10)8-4(2)7-3;;;/h4,12-13,15-16,18,22,27H,1,5-9H2,2-3H3;2*4,13-15,18,26H,1,5-10H2,2-3H3;2,10-12,14H,1,3-9H2;1-2H3,(H,7,8,10);2*1H4;1H2/t12-,13-,15-,16+,27?;2*13-,14-,15+,26?;10-,11+,14?;;;;/m0001..../s1/i18T,27D;2*18T,26D;12T,14D;;;;. The maximum atomic E-state index is 11.5. The van der Waals surface area contributed by atoms with Gasteiger partial charge in [0.2, 0.25) is 0 Å². The van der Waals surface area contributed by atoms with Gasteiger partial charge < -0.3 is 46.5 Å². The minimum atomic E-state index is -1.40. The Hall–Kier alpha value is -4.78. The molecule has 4 N–H and O–H groups in total. The van der Waals surface area contributed by atoms with Gasteiger partial charge in [0.25, 0.3) is 17.6 Å². The quantitative estimate of drug-likeness (QED) is 0.00789. The predicted octanol–water partition coefficient (Wildman–Crippen LogP) is 16.2. The molecule has 4 unspecified atom stereocenters. The van der Waals surface area contributed by atoms with Gasteiger partial charge in [-0.1, -0.05) is 82.4 Å². The van der Waals surface area contributed by atoms with Gasteiger partial charge in [-0.2, -0.15) is 15.0 Å². The van der Waals surface area contributed by atoms with Crippen LogP contribution >= 0.6 is 77.1 Å². The van der Waals surface area contributed by atoms with E-state index in [0.717, 1.165) is 185 Å². The zero-order valence-corrected chi connectivity index (χ0v) is 70.5. The molecule has 112 heavy (non-hydrogen) atoms. The van der Waals surface area contributed by atoms with E-state index < -0.39 is 73.6 Å². The van der Waals surface area contributed by atoms with Crippen LogP contribution in [0.4, 0.5) is 22.7 Å². The van der Waals surface area contributed by atoms with Crippen molar-refractivity contribution in [1.29, 1.82) is 10.5 Å². The first kappa shape index (κ1) is 91.1. The van der Waals surface area contributed by atoms with Crippen LogP contribution in [0.25, 0.3) is 0 Å². The van der Waals surface area contributed by atoms with Gasteiger partial charge >= 0.3 is 28.3 Å². The largest absolute Gasteiger partial charge is 0.469 e. The third kappa shape index (κ3) is 36.8. The van der Waals surface area contributed by atoms with Crippen LogP contribution < -0.4 is 19.8 Å². The van der Waals surface area contributed by atoms with Crippen molar-refractivity contribution in [3.8, 4) is 17.6 Å². The number of aromatic nitrogens is 8. The molecule has 4 heterocycles. The van der Waals surface area contributed by atoms with Gasteiger partial charge in [-0.3, -0.25) is 45.3 Å². The van der Waals surface area contributed by atoms with Gasteiger partial charge in [-0.05, 0) is 218 Å². The second-order valence-electron chi connectivity index (χ2n) is 26.7. The highest BCUT2D eigenvalue weighted by Gasteiger charge is 2.45. The number of hydrogen-bond donors (Lipinski definition) is 2. The van der Waals surface area contributed by atoms with E-state index in [4.69, 9.17) is 41.4 Å². The zero-order chi connectivity index (χ0) is 86.8. The van der Waals surface area contributed by atoms with Crippen LogP contribution in [0.1, 0.15) is 189 Å². The normalized spacial score (nSPS) is 23.1. The molecule has 4 aliphatic carbocycles. The Balaban J connectivity index is 0.000000768. The number of aromatic amines is 1. The minimum absolute atomic E-state index is 0. The van der Waals surface area contributed by atoms with Crippen LogP contribution in [0.2, 0.25) is 0 Å². The van der Waals surface area contributed by atoms with Gasteiger partial charge in [0.05, 0.1) is 57.3 Å². The van der Waals surface area contributed by atoms with Crippen LogP contribution in [0.3, 0.4) is 0 Å². The third-order valence-corrected chi connectivity index (χ3v) is 22.6. The fraction of sp³-hybridized carbons (Fsp3) is 0.657. The minimum Gasteiger partial charge on any atom is -0.469 e. The molecule has 30 nitrogen and oxygen atoms in total. The average molecular weight is 1720 g/mol. The number of hydrogen-bond acceptors (Lipinski definition) is 28. The number of rotatable bonds is 46. The van der Waals surface area contributed by atoms with Gasteiger partial charge in [-0.25, -0.2) is 19.9 Å². The lowest BCUT2D eigenvalue weighted by Crippen LogP contribution is -2.35. The molecule has 0 saturated heterocycles. The number of aliphatic hydroxyl groups is 1. The lowest BCUT2D eigenvalue weighted by Gasteiger charge is -2.23. The topological polar surface area (TPSA) is 412 Å². The van der Waals surface area contributed by atoms with Crippen molar-refractivity contribution >= 4 is 130 Å². The Kier molecular flexibility index (Phi) is 47.3. The van der Waals surface area contributed by atoms with Crippen LogP contribution in [0, 0.1) is 143 Å². The van der Waals surface area contributed by atoms with E-state index in [1.165, 1.54) is 39.5 Å². The van der Waals surface area contributed by atoms with Crippen LogP contribution in [-0.2, 0) is 16.7 Å². The van der Waals surface area contributed by atoms with Crippen LogP contribution in [-0.4, -0.2) is 162 Å². The SMILES string of the molecule is C.C.Cc1nc(C)c([N+](=O)[O-])c(=O)[nH]1.O.[2H]P([B][3H])SOCC[C@@H]1CC[C@@H](CCC=C)C1.[2H]P([B][3H])SOCC[C@H]1C[C@H](CCC=C)[C@H](O)[C@@H]1Oc1nc(C)nc(C)c1[N+](=O)[O-].[2H]P([B][3H])SOCC[C@H]1C[C@H](CCC=C)[C@H](Oc2nc(C)nc(C)c2[N+](=O)[O-])C1.[2H]P([B][3H])SOCC[C@H]1C[C@H](CCC=C)[C@H](Oc2nc(C)nc(C)c2[N+](=O)[O-])C1. The summed E-state index contributed by atoms with van der Waals surface area (Å²) in [5, 5.41) is 55.7. The number of aryl methyl sites for hydroxylation is 8. The first-order valence-electron chi connectivity index (χ1n) is 39.9. The molecule has 4 radical (unpaired) electrons. The average Bonchev–Trinajstić information content (AvgIpc) is 1.58. The Morgan fingerprint density at radius 2 is 0.821 bits per heavy atom. The molecule has 4 fully saturated rings. The second kappa shape index (κ2) is 58.1. The second-order valence-corrected chi connectivity index (χ2v) is 33.4. The molecular weight excluding hydrogens is 1590 g/mol. The van der Waals surface area contributed by atoms with E-state index in [1.54, 1.807) is 47.6 Å². The molecule has 4 aromatic heterocycles. The molecule has 0 aliphatic heterocycles. The Bertz CT molecular complexity index is 3760. The van der Waals surface area contributed by atoms with Crippen LogP contribution in [0.15, 0.2) is 55.4 Å². The van der Waals surface area contributed by atoms with Gasteiger partial charge in [0.1, 0.15) is 94.5 Å². The van der Waals surface area contributed by atoms with E-state index in [0.29, 0.717) is 79.2 Å². The highest BCUT2D eigenvalue weighted by Crippen LogP contribution is 2.45. The van der Waals surface area contributed by atoms with Gasteiger partial charge in [0.15, 0.2) is 0 Å². The fourth-order valence-electron chi connectivity index (χ4n) is 14.1. The number of ether oxygens (including phenoxy) is 3. The third-order valence-electron chi connectivity index (χ3n) is 18.9. The van der Waals surface area contributed by atoms with Crippen molar-refractivity contribution in [3.05, 3.63) is 148 Å². The molecule has 0 amide bonds. The van der Waals surface area contributed by atoms with Gasteiger partial charge in [-0.15, -0.1) is 26.3 Å². The summed E-state index contributed by atoms with van der Waals surface area (Å²) >= 11 is 4.18. The Morgan fingerprint density at radius 1 is 0.482 bits per heavy atom.